The van der Waals surface area contributed by atoms with Gasteiger partial charge in [-0.1, -0.05) is 23.7 Å². The van der Waals surface area contributed by atoms with Crippen LogP contribution >= 0.6 is 11.6 Å². The molecule has 0 unspecified atom stereocenters. The number of anilines is 2. The number of hydrogen-bond acceptors (Lipinski definition) is 5. The van der Waals surface area contributed by atoms with Crippen LogP contribution in [-0.4, -0.2) is 41.8 Å². The Morgan fingerprint density at radius 2 is 1.62 bits per heavy atom. The third-order valence-electron chi connectivity index (χ3n) is 3.33. The number of nitro groups is 1. The van der Waals surface area contributed by atoms with Gasteiger partial charge in [0.2, 0.25) is 11.8 Å². The van der Waals surface area contributed by atoms with Crippen molar-refractivity contribution in [2.75, 3.05) is 30.8 Å². The standard InChI is InChI=1S/C17H17ClN4O4/c1-21(10-16(23)19-13-8-6-12(18)7-9-13)11-17(24)20-14-4-2-3-5-15(14)22(25)26/h2-9H,10-11H2,1H3,(H,19,23)(H,20,24). The first-order chi connectivity index (χ1) is 12.3. The summed E-state index contributed by atoms with van der Waals surface area (Å²) in [5.74, 6) is -0.755. The number of rotatable bonds is 7. The van der Waals surface area contributed by atoms with E-state index in [2.05, 4.69) is 10.6 Å². The number of carbonyl (C=O) groups is 2. The van der Waals surface area contributed by atoms with Crippen LogP contribution in [0.15, 0.2) is 48.5 Å². The highest BCUT2D eigenvalue weighted by atomic mass is 35.5. The monoisotopic (exact) mass is 376 g/mol. The molecule has 2 aromatic rings. The number of benzene rings is 2. The van der Waals surface area contributed by atoms with Crippen LogP contribution in [0.1, 0.15) is 0 Å². The first-order valence-corrected chi connectivity index (χ1v) is 8.00. The molecule has 136 valence electrons. The molecule has 0 saturated heterocycles. The van der Waals surface area contributed by atoms with Crippen molar-refractivity contribution < 1.29 is 14.5 Å². The van der Waals surface area contributed by atoms with Gasteiger partial charge in [-0.2, -0.15) is 0 Å². The highest BCUT2D eigenvalue weighted by Gasteiger charge is 2.16. The molecule has 0 heterocycles. The van der Waals surface area contributed by atoms with Crippen LogP contribution in [0.2, 0.25) is 5.02 Å². The second kappa shape index (κ2) is 8.93. The molecule has 8 nitrogen and oxygen atoms in total. The Morgan fingerprint density at radius 3 is 2.23 bits per heavy atom. The van der Waals surface area contributed by atoms with Crippen molar-refractivity contribution in [2.45, 2.75) is 0 Å². The Kier molecular flexibility index (Phi) is 6.65. The molecule has 2 N–H and O–H groups in total. The fourth-order valence-electron chi connectivity index (χ4n) is 2.21. The number of hydrogen-bond donors (Lipinski definition) is 2. The third kappa shape index (κ3) is 5.83. The maximum Gasteiger partial charge on any atom is 0.292 e. The molecule has 0 saturated carbocycles. The summed E-state index contributed by atoms with van der Waals surface area (Å²) in [6.07, 6.45) is 0. The van der Waals surface area contributed by atoms with Gasteiger partial charge < -0.3 is 10.6 Å². The predicted octanol–water partition coefficient (Wildman–Crippen LogP) is 2.76. The van der Waals surface area contributed by atoms with Crippen molar-refractivity contribution in [1.29, 1.82) is 0 Å². The average Bonchev–Trinajstić information content (AvgIpc) is 2.56. The number of para-hydroxylation sites is 2. The molecule has 9 heteroatoms. The minimum atomic E-state index is -0.571. The Balaban J connectivity index is 1.86. The molecule has 26 heavy (non-hydrogen) atoms. The molecule has 0 radical (unpaired) electrons. The normalized spacial score (nSPS) is 10.4. The topological polar surface area (TPSA) is 105 Å². The zero-order valence-corrected chi connectivity index (χ0v) is 14.7. The van der Waals surface area contributed by atoms with E-state index in [9.17, 15) is 19.7 Å². The van der Waals surface area contributed by atoms with Crippen LogP contribution in [0.4, 0.5) is 17.1 Å². The van der Waals surface area contributed by atoms with Gasteiger partial charge in [-0.15, -0.1) is 0 Å². The molecule has 2 rings (SSSR count). The lowest BCUT2D eigenvalue weighted by molar-refractivity contribution is -0.383. The SMILES string of the molecule is CN(CC(=O)Nc1ccc(Cl)cc1)CC(=O)Nc1ccccc1[N+](=O)[O-]. The van der Waals surface area contributed by atoms with Crippen LogP contribution in [-0.2, 0) is 9.59 Å². The molecular weight excluding hydrogens is 360 g/mol. The molecule has 0 aliphatic heterocycles. The van der Waals surface area contributed by atoms with Gasteiger partial charge in [-0.25, -0.2) is 0 Å². The molecule has 2 aromatic carbocycles. The summed E-state index contributed by atoms with van der Waals surface area (Å²) in [7, 11) is 1.60. The van der Waals surface area contributed by atoms with Gasteiger partial charge >= 0.3 is 0 Å². The summed E-state index contributed by atoms with van der Waals surface area (Å²) in [4.78, 5) is 35.9. The summed E-state index contributed by atoms with van der Waals surface area (Å²) < 4.78 is 0. The Morgan fingerprint density at radius 1 is 1.04 bits per heavy atom. The van der Waals surface area contributed by atoms with E-state index in [1.165, 1.54) is 23.1 Å². The number of carbonyl (C=O) groups excluding carboxylic acids is 2. The van der Waals surface area contributed by atoms with E-state index in [0.717, 1.165) is 0 Å². The third-order valence-corrected chi connectivity index (χ3v) is 3.58. The van der Waals surface area contributed by atoms with E-state index in [4.69, 9.17) is 11.6 Å². The van der Waals surface area contributed by atoms with Gasteiger partial charge in [0.1, 0.15) is 5.69 Å². The van der Waals surface area contributed by atoms with E-state index in [0.29, 0.717) is 10.7 Å². The molecule has 0 spiro atoms. The molecular formula is C17H17ClN4O4. The highest BCUT2D eigenvalue weighted by Crippen LogP contribution is 2.22. The van der Waals surface area contributed by atoms with Gasteiger partial charge in [0.25, 0.3) is 5.69 Å². The van der Waals surface area contributed by atoms with Gasteiger partial charge in [0.05, 0.1) is 18.0 Å². The van der Waals surface area contributed by atoms with Crippen molar-refractivity contribution in [3.63, 3.8) is 0 Å². The van der Waals surface area contributed by atoms with Crippen molar-refractivity contribution in [2.24, 2.45) is 0 Å². The lowest BCUT2D eigenvalue weighted by Gasteiger charge is -2.16. The lowest BCUT2D eigenvalue weighted by Crippen LogP contribution is -2.36. The Labute approximate surface area is 154 Å². The molecule has 0 atom stereocenters. The average molecular weight is 377 g/mol. The number of nitro benzene ring substituents is 1. The first-order valence-electron chi connectivity index (χ1n) is 7.62. The lowest BCUT2D eigenvalue weighted by atomic mass is 10.2. The van der Waals surface area contributed by atoms with Crippen molar-refractivity contribution in [3.05, 3.63) is 63.7 Å². The molecule has 0 bridgehead atoms. The minimum Gasteiger partial charge on any atom is -0.325 e. The van der Waals surface area contributed by atoms with Crippen LogP contribution in [0, 0.1) is 10.1 Å². The second-order valence-corrected chi connectivity index (χ2v) is 5.99. The van der Waals surface area contributed by atoms with Crippen LogP contribution in [0.3, 0.4) is 0 Å². The molecule has 0 aliphatic carbocycles. The van der Waals surface area contributed by atoms with Crippen LogP contribution in [0.5, 0.6) is 0 Å². The number of likely N-dealkylation sites (N-methyl/N-ethyl adjacent to an activating group) is 1. The predicted molar refractivity (Wildman–Crippen MR) is 99.3 cm³/mol. The highest BCUT2D eigenvalue weighted by molar-refractivity contribution is 6.30. The summed E-state index contributed by atoms with van der Waals surface area (Å²) >= 11 is 5.78. The zero-order valence-electron chi connectivity index (χ0n) is 13.9. The summed E-state index contributed by atoms with van der Waals surface area (Å²) in [6, 6.07) is 12.5. The Hall–Kier alpha value is -2.97. The summed E-state index contributed by atoms with van der Waals surface area (Å²) in [6.45, 7) is -0.118. The Bertz CT molecular complexity index is 811. The number of amides is 2. The van der Waals surface area contributed by atoms with Crippen LogP contribution in [0.25, 0.3) is 0 Å². The number of nitrogens with zero attached hydrogens (tertiary/aromatic N) is 2. The smallest absolute Gasteiger partial charge is 0.292 e. The molecule has 0 fully saturated rings. The fourth-order valence-corrected chi connectivity index (χ4v) is 2.33. The van der Waals surface area contributed by atoms with Gasteiger partial charge in [0.15, 0.2) is 0 Å². The summed E-state index contributed by atoms with van der Waals surface area (Å²) in [5, 5.41) is 16.7. The number of nitrogens with one attached hydrogen (secondary N) is 2. The van der Waals surface area contributed by atoms with Crippen molar-refractivity contribution >= 4 is 40.5 Å². The molecule has 0 aliphatic rings. The first kappa shape index (κ1) is 19.4. The van der Waals surface area contributed by atoms with Crippen LogP contribution < -0.4 is 10.6 Å². The van der Waals surface area contributed by atoms with Gasteiger partial charge in [-0.3, -0.25) is 24.6 Å². The molecule has 0 aromatic heterocycles. The van der Waals surface area contributed by atoms with E-state index >= 15 is 0 Å². The quantitative estimate of drug-likeness (QED) is 0.571. The zero-order chi connectivity index (χ0) is 19.1. The molecule has 2 amide bonds. The second-order valence-electron chi connectivity index (χ2n) is 5.55. The number of halogens is 1. The summed E-state index contributed by atoms with van der Waals surface area (Å²) in [5.41, 5.74) is 0.516. The maximum absolute atomic E-state index is 12.1. The van der Waals surface area contributed by atoms with E-state index in [-0.39, 0.29) is 30.4 Å². The minimum absolute atomic E-state index is 0.0209. The largest absolute Gasteiger partial charge is 0.325 e. The van der Waals surface area contributed by atoms with Crippen molar-refractivity contribution in [1.82, 2.24) is 4.90 Å². The van der Waals surface area contributed by atoms with Crippen molar-refractivity contribution in [3.8, 4) is 0 Å². The van der Waals surface area contributed by atoms with Gasteiger partial charge in [-0.05, 0) is 37.4 Å². The van der Waals surface area contributed by atoms with Gasteiger partial charge in [0, 0.05) is 16.8 Å². The van der Waals surface area contributed by atoms with E-state index in [1.54, 1.807) is 37.4 Å². The fraction of sp³-hybridized carbons (Fsp3) is 0.176. The van der Waals surface area contributed by atoms with E-state index in [1.807, 2.05) is 0 Å². The maximum atomic E-state index is 12.1. The van der Waals surface area contributed by atoms with E-state index < -0.39 is 10.8 Å².